The lowest BCUT2D eigenvalue weighted by molar-refractivity contribution is -0.137. The second-order valence-electron chi connectivity index (χ2n) is 6.10. The first-order chi connectivity index (χ1) is 15.1. The molecular formula is C19H13F6N5O2. The minimum absolute atomic E-state index is 0.0957. The van der Waals surface area contributed by atoms with Crippen LogP contribution in [-0.4, -0.2) is 33.6 Å². The van der Waals surface area contributed by atoms with Crippen LogP contribution < -0.4 is 15.4 Å². The maximum absolute atomic E-state index is 13.2. The Bertz CT molecular complexity index is 1080. The van der Waals surface area contributed by atoms with Gasteiger partial charge in [-0.15, -0.1) is 0 Å². The Hall–Kier alpha value is -3.90. The molecule has 0 bridgehead atoms. The lowest BCUT2D eigenvalue weighted by Crippen LogP contribution is -2.21. The van der Waals surface area contributed by atoms with Crippen LogP contribution in [0.5, 0.6) is 5.75 Å². The van der Waals surface area contributed by atoms with Gasteiger partial charge in [0.2, 0.25) is 5.95 Å². The monoisotopic (exact) mass is 457 g/mol. The summed E-state index contributed by atoms with van der Waals surface area (Å²) in [4.78, 5) is 24.0. The van der Waals surface area contributed by atoms with Crippen molar-refractivity contribution in [3.63, 3.8) is 0 Å². The molecule has 0 radical (unpaired) electrons. The third-order valence-corrected chi connectivity index (χ3v) is 3.82. The third-order valence-electron chi connectivity index (χ3n) is 3.82. The molecule has 0 aliphatic rings. The van der Waals surface area contributed by atoms with Crippen molar-refractivity contribution in [3.05, 3.63) is 66.2 Å². The summed E-state index contributed by atoms with van der Waals surface area (Å²) in [5.41, 5.74) is -0.972. The molecule has 2 heterocycles. The first-order valence-corrected chi connectivity index (χ1v) is 8.75. The third kappa shape index (κ3) is 5.83. The van der Waals surface area contributed by atoms with Gasteiger partial charge in [0.05, 0.1) is 11.8 Å². The van der Waals surface area contributed by atoms with Gasteiger partial charge in [-0.25, -0.2) is 18.7 Å². The quantitative estimate of drug-likeness (QED) is 0.495. The summed E-state index contributed by atoms with van der Waals surface area (Å²) in [5.74, 6) is -1.30. The molecule has 0 aliphatic carbocycles. The predicted octanol–water partition coefficient (Wildman–Crippen LogP) is 4.83. The van der Waals surface area contributed by atoms with E-state index < -0.39 is 30.4 Å². The number of amides is 1. The van der Waals surface area contributed by atoms with Crippen molar-refractivity contribution < 1.29 is 35.9 Å². The average Bonchev–Trinajstić information content (AvgIpc) is 2.75. The van der Waals surface area contributed by atoms with E-state index >= 15 is 0 Å². The van der Waals surface area contributed by atoms with Gasteiger partial charge in [-0.05, 0) is 30.3 Å². The van der Waals surface area contributed by atoms with Gasteiger partial charge in [0.25, 0.3) is 12.3 Å². The van der Waals surface area contributed by atoms with Crippen LogP contribution in [0, 0.1) is 0 Å². The lowest BCUT2D eigenvalue weighted by atomic mass is 10.2. The second-order valence-corrected chi connectivity index (χ2v) is 6.10. The smallest absolute Gasteiger partial charge is 0.416 e. The Labute approximate surface area is 176 Å². The zero-order valence-electron chi connectivity index (χ0n) is 15.8. The molecule has 3 aromatic rings. The van der Waals surface area contributed by atoms with Gasteiger partial charge in [-0.3, -0.25) is 9.78 Å². The van der Waals surface area contributed by atoms with Crippen molar-refractivity contribution in [1.29, 1.82) is 0 Å². The fourth-order valence-corrected chi connectivity index (χ4v) is 2.35. The number of aromatic nitrogens is 3. The number of hydrogen-bond donors (Lipinski definition) is 2. The highest BCUT2D eigenvalue weighted by atomic mass is 19.4. The van der Waals surface area contributed by atoms with E-state index in [1.807, 2.05) is 0 Å². The number of nitrogens with zero attached hydrogens (tertiary/aromatic N) is 3. The van der Waals surface area contributed by atoms with Crippen molar-refractivity contribution >= 4 is 23.2 Å². The lowest BCUT2D eigenvalue weighted by Gasteiger charge is -2.14. The van der Waals surface area contributed by atoms with E-state index in [9.17, 15) is 31.1 Å². The SMILES string of the molecule is O=C(Nc1cnccc1OC(F)C(F)F)c1ccnc(Nc2ccc(C(F)(F)F)cc2)n1. The highest BCUT2D eigenvalue weighted by Crippen LogP contribution is 2.30. The minimum Gasteiger partial charge on any atom is -0.452 e. The average molecular weight is 457 g/mol. The molecule has 13 heteroatoms. The number of carbonyl (C=O) groups excluding carboxylic acids is 1. The molecule has 1 aromatic carbocycles. The van der Waals surface area contributed by atoms with Crippen molar-refractivity contribution in [3.8, 4) is 5.75 Å². The molecule has 0 aliphatic heterocycles. The summed E-state index contributed by atoms with van der Waals surface area (Å²) in [6, 6.07) is 6.35. The first kappa shape index (κ1) is 22.8. The normalized spacial score (nSPS) is 12.3. The molecule has 0 fully saturated rings. The summed E-state index contributed by atoms with van der Waals surface area (Å²) < 4.78 is 80.4. The molecule has 0 saturated carbocycles. The zero-order chi connectivity index (χ0) is 23.3. The summed E-state index contributed by atoms with van der Waals surface area (Å²) in [7, 11) is 0. The van der Waals surface area contributed by atoms with Crippen LogP contribution in [0.15, 0.2) is 55.0 Å². The molecule has 7 nitrogen and oxygen atoms in total. The number of hydrogen-bond acceptors (Lipinski definition) is 6. The predicted molar refractivity (Wildman–Crippen MR) is 100 cm³/mol. The second kappa shape index (κ2) is 9.49. The van der Waals surface area contributed by atoms with Gasteiger partial charge in [0.15, 0.2) is 0 Å². The summed E-state index contributed by atoms with van der Waals surface area (Å²) in [5, 5.41) is 4.96. The van der Waals surface area contributed by atoms with Gasteiger partial charge < -0.3 is 15.4 Å². The van der Waals surface area contributed by atoms with Crippen LogP contribution in [-0.2, 0) is 6.18 Å². The van der Waals surface area contributed by atoms with Gasteiger partial charge in [0, 0.05) is 24.1 Å². The molecule has 168 valence electrons. The number of benzene rings is 1. The van der Waals surface area contributed by atoms with Crippen LogP contribution in [0.1, 0.15) is 16.1 Å². The number of nitrogens with one attached hydrogen (secondary N) is 2. The number of pyridine rings is 1. The van der Waals surface area contributed by atoms with Crippen molar-refractivity contribution in [2.24, 2.45) is 0 Å². The van der Waals surface area contributed by atoms with Crippen LogP contribution >= 0.6 is 0 Å². The van der Waals surface area contributed by atoms with E-state index in [0.29, 0.717) is 0 Å². The van der Waals surface area contributed by atoms with Gasteiger partial charge in [0.1, 0.15) is 17.1 Å². The van der Waals surface area contributed by atoms with Gasteiger partial charge in [-0.2, -0.15) is 17.6 Å². The largest absolute Gasteiger partial charge is 0.452 e. The molecule has 0 spiro atoms. The Kier molecular flexibility index (Phi) is 6.76. The van der Waals surface area contributed by atoms with E-state index in [1.54, 1.807) is 0 Å². The van der Waals surface area contributed by atoms with Gasteiger partial charge >= 0.3 is 12.6 Å². The Morgan fingerprint density at radius 1 is 1.00 bits per heavy atom. The van der Waals surface area contributed by atoms with E-state index in [4.69, 9.17) is 0 Å². The fraction of sp³-hybridized carbons (Fsp3) is 0.158. The van der Waals surface area contributed by atoms with Crippen molar-refractivity contribution in [2.75, 3.05) is 10.6 Å². The van der Waals surface area contributed by atoms with E-state index in [0.717, 1.165) is 42.7 Å². The number of rotatable bonds is 7. The number of ether oxygens (including phenoxy) is 1. The molecule has 2 aromatic heterocycles. The Morgan fingerprint density at radius 2 is 1.72 bits per heavy atom. The minimum atomic E-state index is -4.49. The number of halogens is 6. The standard InChI is InChI=1S/C19H13F6N5O2/c20-15(21)16(22)32-14-6-7-26-9-13(14)29-17(31)12-5-8-27-18(30-12)28-11-3-1-10(2-4-11)19(23,24)25/h1-9,15-16H,(H,29,31)(H,27,28,30). The molecule has 1 atom stereocenters. The van der Waals surface area contributed by atoms with Crippen LogP contribution in [0.2, 0.25) is 0 Å². The molecule has 32 heavy (non-hydrogen) atoms. The highest BCUT2D eigenvalue weighted by molar-refractivity contribution is 6.03. The summed E-state index contributed by atoms with van der Waals surface area (Å²) >= 11 is 0. The van der Waals surface area contributed by atoms with E-state index in [-0.39, 0.29) is 28.8 Å². The van der Waals surface area contributed by atoms with Crippen molar-refractivity contribution in [2.45, 2.75) is 19.0 Å². The zero-order valence-corrected chi connectivity index (χ0v) is 15.8. The highest BCUT2D eigenvalue weighted by Gasteiger charge is 2.30. The summed E-state index contributed by atoms with van der Waals surface area (Å²) in [6.07, 6.45) is -7.37. The van der Waals surface area contributed by atoms with E-state index in [1.165, 1.54) is 12.3 Å². The molecule has 3 rings (SSSR count). The maximum atomic E-state index is 13.2. The van der Waals surface area contributed by atoms with Gasteiger partial charge in [-0.1, -0.05) is 0 Å². The number of carbonyl (C=O) groups is 1. The number of alkyl halides is 6. The van der Waals surface area contributed by atoms with Crippen LogP contribution in [0.3, 0.4) is 0 Å². The summed E-state index contributed by atoms with van der Waals surface area (Å²) in [6.45, 7) is 0. The van der Waals surface area contributed by atoms with Crippen LogP contribution in [0.25, 0.3) is 0 Å². The maximum Gasteiger partial charge on any atom is 0.416 e. The Balaban J connectivity index is 1.72. The van der Waals surface area contributed by atoms with Crippen molar-refractivity contribution in [1.82, 2.24) is 15.0 Å². The molecule has 1 amide bonds. The Morgan fingerprint density at radius 3 is 2.38 bits per heavy atom. The molecule has 0 saturated heterocycles. The molecular weight excluding hydrogens is 444 g/mol. The van der Waals surface area contributed by atoms with E-state index in [2.05, 4.69) is 30.3 Å². The molecule has 1 unspecified atom stereocenters. The first-order valence-electron chi connectivity index (χ1n) is 8.75. The number of anilines is 3. The fourth-order valence-electron chi connectivity index (χ4n) is 2.35. The topological polar surface area (TPSA) is 89.0 Å². The molecule has 2 N–H and O–H groups in total. The van der Waals surface area contributed by atoms with Crippen LogP contribution in [0.4, 0.5) is 43.7 Å².